The predicted octanol–water partition coefficient (Wildman–Crippen LogP) is 4.06. The van der Waals surface area contributed by atoms with Crippen LogP contribution < -0.4 is 14.8 Å². The number of fused-ring (bicyclic) bond motifs is 1. The van der Waals surface area contributed by atoms with Crippen LogP contribution in [-0.2, 0) is 4.79 Å². The van der Waals surface area contributed by atoms with Crippen LogP contribution in [0.25, 0.3) is 17.0 Å². The third kappa shape index (κ3) is 5.09. The topological polar surface area (TPSA) is 90.6 Å². The van der Waals surface area contributed by atoms with Crippen LogP contribution in [0.4, 0.5) is 0 Å². The maximum Gasteiger partial charge on any atom is 0.260 e. The van der Waals surface area contributed by atoms with Crippen molar-refractivity contribution in [2.75, 3.05) is 13.2 Å². The lowest BCUT2D eigenvalue weighted by Gasteiger charge is -2.16. The number of hydrogen-bond donors (Lipinski definition) is 1. The third-order valence-electron chi connectivity index (χ3n) is 4.49. The Morgan fingerprint density at radius 2 is 1.91 bits per heavy atom. The van der Waals surface area contributed by atoms with Gasteiger partial charge in [-0.25, -0.2) is 0 Å². The molecule has 0 saturated heterocycles. The Labute approximate surface area is 194 Å². The number of ether oxygens (including phenoxy) is 2. The van der Waals surface area contributed by atoms with Gasteiger partial charge < -0.3 is 14.8 Å². The average Bonchev–Trinajstić information content (AvgIpc) is 3.22. The van der Waals surface area contributed by atoms with E-state index in [1.54, 1.807) is 41.8 Å². The number of halogens is 2. The smallest absolute Gasteiger partial charge is 0.260 e. The van der Waals surface area contributed by atoms with E-state index in [2.05, 4.69) is 20.6 Å². The highest BCUT2D eigenvalue weighted by atomic mass is 35.5. The van der Waals surface area contributed by atoms with E-state index in [9.17, 15) is 4.79 Å². The van der Waals surface area contributed by atoms with Gasteiger partial charge in [0.05, 0.1) is 11.6 Å². The molecule has 164 valence electrons. The normalized spacial score (nSPS) is 11.8. The highest BCUT2D eigenvalue weighted by molar-refractivity contribution is 6.35. The minimum atomic E-state index is -0.742. The van der Waals surface area contributed by atoms with Gasteiger partial charge in [-0.1, -0.05) is 53.5 Å². The van der Waals surface area contributed by atoms with Crippen molar-refractivity contribution in [3.8, 4) is 23.0 Å². The molecule has 32 heavy (non-hydrogen) atoms. The molecule has 0 fully saturated rings. The van der Waals surface area contributed by atoms with E-state index in [4.69, 9.17) is 32.7 Å². The summed E-state index contributed by atoms with van der Waals surface area (Å²) in [6.07, 6.45) is -0.742. The summed E-state index contributed by atoms with van der Waals surface area (Å²) in [4.78, 5) is 12.3. The van der Waals surface area contributed by atoms with Crippen molar-refractivity contribution in [2.45, 2.75) is 13.0 Å². The molecule has 4 aromatic rings. The zero-order valence-corrected chi connectivity index (χ0v) is 18.5. The van der Waals surface area contributed by atoms with Crippen LogP contribution in [0, 0.1) is 0 Å². The highest BCUT2D eigenvalue weighted by Gasteiger charge is 2.16. The summed E-state index contributed by atoms with van der Waals surface area (Å²) in [5.41, 5.74) is 1.50. The van der Waals surface area contributed by atoms with Crippen molar-refractivity contribution in [1.82, 2.24) is 25.1 Å². The van der Waals surface area contributed by atoms with Gasteiger partial charge in [-0.2, -0.15) is 4.52 Å². The molecule has 1 unspecified atom stereocenters. The molecule has 0 radical (unpaired) electrons. The first kappa shape index (κ1) is 21.9. The van der Waals surface area contributed by atoms with Gasteiger partial charge in [0, 0.05) is 16.7 Å². The Bertz CT molecular complexity index is 1230. The summed E-state index contributed by atoms with van der Waals surface area (Å²) in [6.45, 7) is 2.13. The number of carbonyl (C=O) groups is 1. The fourth-order valence-electron chi connectivity index (χ4n) is 2.90. The molecule has 1 N–H and O–H groups in total. The first-order valence-electron chi connectivity index (χ1n) is 9.81. The van der Waals surface area contributed by atoms with E-state index >= 15 is 0 Å². The van der Waals surface area contributed by atoms with E-state index in [1.807, 2.05) is 30.3 Å². The summed E-state index contributed by atoms with van der Waals surface area (Å²) < 4.78 is 12.9. The van der Waals surface area contributed by atoms with Crippen LogP contribution in [0.15, 0.2) is 60.7 Å². The van der Waals surface area contributed by atoms with E-state index < -0.39 is 6.10 Å². The zero-order chi connectivity index (χ0) is 22.5. The highest BCUT2D eigenvalue weighted by Crippen LogP contribution is 2.28. The monoisotopic (exact) mass is 471 g/mol. The number of carbonyl (C=O) groups excluding carboxylic acids is 1. The van der Waals surface area contributed by atoms with E-state index in [0.29, 0.717) is 33.1 Å². The predicted molar refractivity (Wildman–Crippen MR) is 121 cm³/mol. The fraction of sp³-hybridized carbons (Fsp3) is 0.182. The lowest BCUT2D eigenvalue weighted by Crippen LogP contribution is -2.38. The van der Waals surface area contributed by atoms with Gasteiger partial charge in [0.1, 0.15) is 12.4 Å². The number of nitrogens with zero attached hydrogens (tertiary/aromatic N) is 4. The molecular formula is C22H19Cl2N5O3. The van der Waals surface area contributed by atoms with Crippen LogP contribution in [0.1, 0.15) is 6.92 Å². The minimum absolute atomic E-state index is 0.224. The summed E-state index contributed by atoms with van der Waals surface area (Å²) >= 11 is 11.9. The van der Waals surface area contributed by atoms with Crippen molar-refractivity contribution >= 4 is 34.8 Å². The number of nitrogens with one attached hydrogen (secondary N) is 1. The second kappa shape index (κ2) is 9.84. The molecule has 0 aliphatic carbocycles. The molecule has 4 rings (SSSR count). The van der Waals surface area contributed by atoms with E-state index in [1.165, 1.54) is 0 Å². The quantitative estimate of drug-likeness (QED) is 0.389. The first-order chi connectivity index (χ1) is 15.5. The maximum absolute atomic E-state index is 12.3. The van der Waals surface area contributed by atoms with Gasteiger partial charge in [0.25, 0.3) is 5.91 Å². The SMILES string of the molecule is CC(Oc1ccc(Cl)cc1Cl)C(=O)NCCOc1ccc2nnc(-c3ccccc3)n2n1. The molecule has 0 aliphatic heterocycles. The Morgan fingerprint density at radius 1 is 1.09 bits per heavy atom. The fourth-order valence-corrected chi connectivity index (χ4v) is 3.36. The summed E-state index contributed by atoms with van der Waals surface area (Å²) in [6, 6.07) is 17.9. The van der Waals surface area contributed by atoms with Gasteiger partial charge in [0.2, 0.25) is 5.88 Å². The van der Waals surface area contributed by atoms with Crippen molar-refractivity contribution in [2.24, 2.45) is 0 Å². The van der Waals surface area contributed by atoms with Gasteiger partial charge in [0.15, 0.2) is 17.6 Å². The van der Waals surface area contributed by atoms with Gasteiger partial charge in [-0.3, -0.25) is 4.79 Å². The molecule has 0 spiro atoms. The van der Waals surface area contributed by atoms with Crippen LogP contribution >= 0.6 is 23.2 Å². The molecule has 0 saturated carbocycles. The molecular weight excluding hydrogens is 453 g/mol. The lowest BCUT2D eigenvalue weighted by atomic mass is 10.2. The van der Waals surface area contributed by atoms with Gasteiger partial charge >= 0.3 is 0 Å². The largest absolute Gasteiger partial charge is 0.479 e. The number of rotatable bonds is 8. The third-order valence-corrected chi connectivity index (χ3v) is 5.02. The molecule has 8 nitrogen and oxygen atoms in total. The minimum Gasteiger partial charge on any atom is -0.479 e. The first-order valence-corrected chi connectivity index (χ1v) is 10.6. The van der Waals surface area contributed by atoms with Gasteiger partial charge in [-0.15, -0.1) is 15.3 Å². The number of amides is 1. The molecule has 1 atom stereocenters. The van der Waals surface area contributed by atoms with Crippen LogP contribution in [0.3, 0.4) is 0 Å². The Balaban J connectivity index is 1.31. The van der Waals surface area contributed by atoms with E-state index in [0.717, 1.165) is 5.56 Å². The molecule has 10 heteroatoms. The second-order valence-corrected chi connectivity index (χ2v) is 7.65. The summed E-state index contributed by atoms with van der Waals surface area (Å²) in [7, 11) is 0. The standard InChI is InChI=1S/C22H19Cl2N5O3/c1-14(32-18-8-7-16(23)13-17(18)24)22(30)25-11-12-31-20-10-9-19-26-27-21(29(19)28-20)15-5-3-2-4-6-15/h2-10,13-14H,11-12H2,1H3,(H,25,30). The summed E-state index contributed by atoms with van der Waals surface area (Å²) in [5, 5.41) is 16.4. The molecule has 0 bridgehead atoms. The second-order valence-electron chi connectivity index (χ2n) is 6.81. The van der Waals surface area contributed by atoms with Crippen LogP contribution in [0.2, 0.25) is 10.0 Å². The average molecular weight is 472 g/mol. The molecule has 1 amide bonds. The molecule has 0 aliphatic rings. The number of hydrogen-bond acceptors (Lipinski definition) is 6. The Kier molecular flexibility index (Phi) is 6.72. The maximum atomic E-state index is 12.3. The van der Waals surface area contributed by atoms with Crippen molar-refractivity contribution in [1.29, 1.82) is 0 Å². The Hall–Kier alpha value is -3.36. The number of aromatic nitrogens is 4. The van der Waals surface area contributed by atoms with Crippen LogP contribution in [0.5, 0.6) is 11.6 Å². The van der Waals surface area contributed by atoms with Gasteiger partial charge in [-0.05, 0) is 31.2 Å². The molecule has 2 heterocycles. The lowest BCUT2D eigenvalue weighted by molar-refractivity contribution is -0.127. The number of benzene rings is 2. The van der Waals surface area contributed by atoms with Crippen molar-refractivity contribution < 1.29 is 14.3 Å². The van der Waals surface area contributed by atoms with E-state index in [-0.39, 0.29) is 19.1 Å². The van der Waals surface area contributed by atoms with Crippen molar-refractivity contribution in [3.05, 3.63) is 70.7 Å². The summed E-state index contributed by atoms with van der Waals surface area (Å²) in [5.74, 6) is 1.09. The zero-order valence-electron chi connectivity index (χ0n) is 17.0. The van der Waals surface area contributed by atoms with Crippen molar-refractivity contribution in [3.63, 3.8) is 0 Å². The molecule has 2 aromatic heterocycles. The molecule has 2 aromatic carbocycles. The Morgan fingerprint density at radius 3 is 2.69 bits per heavy atom. The van der Waals surface area contributed by atoms with Crippen LogP contribution in [-0.4, -0.2) is 45.0 Å².